The lowest BCUT2D eigenvalue weighted by Gasteiger charge is -2.08. The summed E-state index contributed by atoms with van der Waals surface area (Å²) in [6, 6.07) is 6.28. The molecular weight excluding hydrogens is 340 g/mol. The summed E-state index contributed by atoms with van der Waals surface area (Å²) < 4.78 is 6.28. The van der Waals surface area contributed by atoms with Gasteiger partial charge in [-0.3, -0.25) is 10.1 Å². The van der Waals surface area contributed by atoms with E-state index in [0.717, 1.165) is 0 Å². The van der Waals surface area contributed by atoms with E-state index in [4.69, 9.17) is 4.74 Å². The molecule has 7 nitrogen and oxygen atoms in total. The number of non-ortho nitro benzene ring substituents is 1. The Balaban J connectivity index is 2.14. The topological polar surface area (TPSA) is 91.0 Å². The molecule has 0 amide bonds. The van der Waals surface area contributed by atoms with Crippen molar-refractivity contribution in [2.75, 3.05) is 0 Å². The summed E-state index contributed by atoms with van der Waals surface area (Å²) in [7, 11) is 0. The molecule has 1 aromatic carbocycles. The predicted molar refractivity (Wildman–Crippen MR) is 78.2 cm³/mol. The van der Waals surface area contributed by atoms with E-state index in [0.29, 0.717) is 21.5 Å². The van der Waals surface area contributed by atoms with E-state index in [1.807, 2.05) is 0 Å². The highest BCUT2D eigenvalue weighted by Crippen LogP contribution is 2.35. The van der Waals surface area contributed by atoms with Crippen LogP contribution in [0.15, 0.2) is 47.5 Å². The van der Waals surface area contributed by atoms with Crippen molar-refractivity contribution in [3.63, 3.8) is 0 Å². The molecule has 0 aliphatic heterocycles. The van der Waals surface area contributed by atoms with Gasteiger partial charge in [0.2, 0.25) is 5.88 Å². The van der Waals surface area contributed by atoms with Crippen LogP contribution in [0.1, 0.15) is 0 Å². The maximum absolute atomic E-state index is 11.0. The number of benzene rings is 1. The molecule has 0 saturated heterocycles. The average molecular weight is 347 g/mol. The van der Waals surface area contributed by atoms with Gasteiger partial charge < -0.3 is 4.74 Å². The van der Waals surface area contributed by atoms with Crippen molar-refractivity contribution in [1.29, 1.82) is 0 Å². The molecule has 0 bridgehead atoms. The van der Waals surface area contributed by atoms with Crippen LogP contribution in [0.25, 0.3) is 10.9 Å². The Hall–Kier alpha value is -2.61. The van der Waals surface area contributed by atoms with E-state index in [9.17, 15) is 10.1 Å². The van der Waals surface area contributed by atoms with Gasteiger partial charge >= 0.3 is 0 Å². The van der Waals surface area contributed by atoms with E-state index < -0.39 is 4.92 Å². The number of halogens is 1. The molecule has 0 fully saturated rings. The lowest BCUT2D eigenvalue weighted by atomic mass is 10.1. The average Bonchev–Trinajstić information content (AvgIpc) is 2.49. The fourth-order valence-corrected chi connectivity index (χ4v) is 2.15. The summed E-state index contributed by atoms with van der Waals surface area (Å²) >= 11 is 3.28. The third-order valence-electron chi connectivity index (χ3n) is 2.75. The van der Waals surface area contributed by atoms with E-state index in [1.54, 1.807) is 18.3 Å². The summed E-state index contributed by atoms with van der Waals surface area (Å²) in [5.74, 6) is 0.757. The van der Waals surface area contributed by atoms with Crippen LogP contribution in [0.5, 0.6) is 11.6 Å². The third kappa shape index (κ3) is 2.52. The molecule has 3 aromatic rings. The Morgan fingerprint density at radius 1 is 1.24 bits per heavy atom. The number of nitro groups is 1. The number of nitrogens with zero attached hydrogens (tertiary/aromatic N) is 4. The molecule has 21 heavy (non-hydrogen) atoms. The maximum Gasteiger partial charge on any atom is 0.295 e. The van der Waals surface area contributed by atoms with Gasteiger partial charge in [-0.15, -0.1) is 0 Å². The van der Waals surface area contributed by atoms with Crippen molar-refractivity contribution in [2.24, 2.45) is 0 Å². The highest BCUT2D eigenvalue weighted by atomic mass is 79.9. The number of fused-ring (bicyclic) bond motifs is 1. The first-order valence-corrected chi connectivity index (χ1v) is 6.61. The van der Waals surface area contributed by atoms with Crippen molar-refractivity contribution in [2.45, 2.75) is 0 Å². The van der Waals surface area contributed by atoms with Crippen LogP contribution in [-0.2, 0) is 0 Å². The number of ether oxygens (including phenoxy) is 1. The molecule has 0 radical (unpaired) electrons. The van der Waals surface area contributed by atoms with Crippen molar-refractivity contribution < 1.29 is 9.66 Å². The molecule has 2 aromatic heterocycles. The summed E-state index contributed by atoms with van der Waals surface area (Å²) in [5, 5.41) is 11.6. The van der Waals surface area contributed by atoms with Gasteiger partial charge in [0.15, 0.2) is 5.52 Å². The first-order valence-electron chi connectivity index (χ1n) is 5.82. The lowest BCUT2D eigenvalue weighted by molar-refractivity contribution is -0.383. The van der Waals surface area contributed by atoms with Gasteiger partial charge in [0.1, 0.15) is 12.1 Å². The summed E-state index contributed by atoms with van der Waals surface area (Å²) in [5.41, 5.74) is 0.199. The Morgan fingerprint density at radius 2 is 2.10 bits per heavy atom. The zero-order valence-electron chi connectivity index (χ0n) is 10.4. The fourth-order valence-electron chi connectivity index (χ4n) is 1.85. The van der Waals surface area contributed by atoms with Crippen LogP contribution in [0.2, 0.25) is 0 Å². The summed E-state index contributed by atoms with van der Waals surface area (Å²) in [6.07, 6.45) is 4.40. The minimum absolute atomic E-state index is 0.0697. The van der Waals surface area contributed by atoms with Crippen molar-refractivity contribution in [3.8, 4) is 11.6 Å². The molecule has 3 rings (SSSR count). The molecule has 0 aliphatic carbocycles. The quantitative estimate of drug-likeness (QED) is 0.532. The van der Waals surface area contributed by atoms with E-state index in [1.165, 1.54) is 24.7 Å². The Morgan fingerprint density at radius 3 is 2.86 bits per heavy atom. The molecule has 2 heterocycles. The van der Waals surface area contributed by atoms with Crippen molar-refractivity contribution in [1.82, 2.24) is 15.0 Å². The second-order valence-corrected chi connectivity index (χ2v) is 4.87. The van der Waals surface area contributed by atoms with Crippen LogP contribution in [0.3, 0.4) is 0 Å². The summed E-state index contributed by atoms with van der Waals surface area (Å²) in [4.78, 5) is 22.5. The first-order chi connectivity index (χ1) is 10.2. The van der Waals surface area contributed by atoms with E-state index >= 15 is 0 Å². The van der Waals surface area contributed by atoms with Crippen LogP contribution >= 0.6 is 15.9 Å². The molecular formula is C13H7BrN4O3. The monoisotopic (exact) mass is 346 g/mol. The minimum atomic E-state index is -0.473. The van der Waals surface area contributed by atoms with Gasteiger partial charge in [-0.25, -0.2) is 15.0 Å². The summed E-state index contributed by atoms with van der Waals surface area (Å²) in [6.45, 7) is 0. The third-order valence-corrected chi connectivity index (χ3v) is 3.29. The van der Waals surface area contributed by atoms with E-state index in [-0.39, 0.29) is 11.2 Å². The van der Waals surface area contributed by atoms with Crippen LogP contribution in [0.4, 0.5) is 5.69 Å². The number of pyridine rings is 1. The Labute approximate surface area is 126 Å². The largest absolute Gasteiger partial charge is 0.437 e. The number of hydrogen-bond acceptors (Lipinski definition) is 6. The van der Waals surface area contributed by atoms with Gasteiger partial charge in [0.05, 0.1) is 14.8 Å². The van der Waals surface area contributed by atoms with Crippen LogP contribution in [0, 0.1) is 10.1 Å². The molecule has 104 valence electrons. The number of nitro benzene ring substituents is 1. The zero-order valence-corrected chi connectivity index (χ0v) is 12.0. The Bertz CT molecular complexity index is 841. The zero-order chi connectivity index (χ0) is 14.8. The molecule has 0 atom stereocenters. The van der Waals surface area contributed by atoms with Gasteiger partial charge in [-0.1, -0.05) is 0 Å². The van der Waals surface area contributed by atoms with Crippen LogP contribution < -0.4 is 4.74 Å². The SMILES string of the molecule is O=[N+]([O-])c1ccc(Oc2ncncc2Br)c2cccnc12. The normalized spacial score (nSPS) is 10.5. The standard InChI is InChI=1S/C13H7BrN4O3/c14-9-6-15-7-17-13(9)21-11-4-3-10(18(19)20)12-8(11)2-1-5-16-12/h1-7H. The van der Waals surface area contributed by atoms with Gasteiger partial charge in [-0.05, 0) is 34.1 Å². The lowest BCUT2D eigenvalue weighted by Crippen LogP contribution is -1.95. The minimum Gasteiger partial charge on any atom is -0.437 e. The van der Waals surface area contributed by atoms with Gasteiger partial charge in [-0.2, -0.15) is 0 Å². The fraction of sp³-hybridized carbons (Fsp3) is 0. The maximum atomic E-state index is 11.0. The highest BCUT2D eigenvalue weighted by Gasteiger charge is 2.17. The highest BCUT2D eigenvalue weighted by molar-refractivity contribution is 9.10. The number of rotatable bonds is 3. The predicted octanol–water partition coefficient (Wildman–Crippen LogP) is 3.49. The molecule has 0 unspecified atom stereocenters. The van der Waals surface area contributed by atoms with Gasteiger partial charge in [0, 0.05) is 18.5 Å². The molecule has 8 heteroatoms. The molecule has 0 spiro atoms. The molecule has 0 saturated carbocycles. The second kappa shape index (κ2) is 5.41. The van der Waals surface area contributed by atoms with Gasteiger partial charge in [0.25, 0.3) is 5.69 Å². The molecule has 0 aliphatic rings. The first kappa shape index (κ1) is 13.4. The smallest absolute Gasteiger partial charge is 0.295 e. The van der Waals surface area contributed by atoms with E-state index in [2.05, 4.69) is 30.9 Å². The number of aromatic nitrogens is 3. The Kier molecular flexibility index (Phi) is 3.44. The van der Waals surface area contributed by atoms with Crippen molar-refractivity contribution >= 4 is 32.5 Å². The van der Waals surface area contributed by atoms with Crippen molar-refractivity contribution in [3.05, 3.63) is 57.6 Å². The number of hydrogen-bond donors (Lipinski definition) is 0. The van der Waals surface area contributed by atoms with Crippen LogP contribution in [-0.4, -0.2) is 19.9 Å². The second-order valence-electron chi connectivity index (χ2n) is 4.02. The molecule has 0 N–H and O–H groups in total.